The summed E-state index contributed by atoms with van der Waals surface area (Å²) in [7, 11) is 0. The Kier molecular flexibility index (Phi) is 6.23. The Labute approximate surface area is 167 Å². The predicted octanol–water partition coefficient (Wildman–Crippen LogP) is 5.24. The van der Waals surface area contributed by atoms with E-state index >= 15 is 0 Å². The number of amides is 1. The first-order chi connectivity index (χ1) is 13.9. The topological polar surface area (TPSA) is 56.1 Å². The molecule has 0 atom stereocenters. The van der Waals surface area contributed by atoms with Gasteiger partial charge in [0.05, 0.1) is 5.56 Å². The number of alkyl halides is 3. The molecule has 1 N–H and O–H groups in total. The van der Waals surface area contributed by atoms with Crippen molar-refractivity contribution in [1.29, 1.82) is 5.26 Å². The maximum atomic E-state index is 12.8. The number of rotatable bonds is 4. The van der Waals surface area contributed by atoms with Gasteiger partial charge in [-0.15, -0.1) is 0 Å². The van der Waals surface area contributed by atoms with Gasteiger partial charge < -0.3 is 10.2 Å². The SMILES string of the molecule is N#C/C(=C\c1ccc(N2CCCCC2)cc1)C(=O)Nc1cccc(C(F)(F)F)c1. The smallest absolute Gasteiger partial charge is 0.372 e. The zero-order chi connectivity index (χ0) is 20.9. The number of halogens is 3. The fraction of sp³-hybridized carbons (Fsp3) is 0.273. The van der Waals surface area contributed by atoms with Crippen molar-refractivity contribution in [1.82, 2.24) is 0 Å². The van der Waals surface area contributed by atoms with Crippen LogP contribution in [0, 0.1) is 11.3 Å². The number of anilines is 2. The van der Waals surface area contributed by atoms with Crippen molar-refractivity contribution in [2.24, 2.45) is 0 Å². The summed E-state index contributed by atoms with van der Waals surface area (Å²) in [5.74, 6) is -0.757. The quantitative estimate of drug-likeness (QED) is 0.565. The van der Waals surface area contributed by atoms with Crippen molar-refractivity contribution in [3.63, 3.8) is 0 Å². The van der Waals surface area contributed by atoms with E-state index in [9.17, 15) is 23.2 Å². The van der Waals surface area contributed by atoms with E-state index < -0.39 is 17.6 Å². The van der Waals surface area contributed by atoms with Gasteiger partial charge in [-0.25, -0.2) is 0 Å². The van der Waals surface area contributed by atoms with Crippen molar-refractivity contribution in [2.75, 3.05) is 23.3 Å². The van der Waals surface area contributed by atoms with Crippen LogP contribution in [0.4, 0.5) is 24.5 Å². The molecule has 0 bridgehead atoms. The standard InChI is InChI=1S/C22H20F3N3O/c23-22(24,25)18-5-4-6-19(14-18)27-21(29)17(15-26)13-16-7-9-20(10-8-16)28-11-2-1-3-12-28/h4-10,13-14H,1-3,11-12H2,(H,27,29)/b17-13+. The highest BCUT2D eigenvalue weighted by atomic mass is 19.4. The van der Waals surface area contributed by atoms with E-state index in [4.69, 9.17) is 0 Å². The van der Waals surface area contributed by atoms with Crippen molar-refractivity contribution in [2.45, 2.75) is 25.4 Å². The number of nitrogens with zero attached hydrogens (tertiary/aromatic N) is 2. The van der Waals surface area contributed by atoms with Crippen LogP contribution in [0.2, 0.25) is 0 Å². The zero-order valence-corrected chi connectivity index (χ0v) is 15.7. The average molecular weight is 399 g/mol. The highest BCUT2D eigenvalue weighted by Crippen LogP contribution is 2.30. The van der Waals surface area contributed by atoms with Gasteiger partial charge in [0.1, 0.15) is 11.6 Å². The Hall–Kier alpha value is -3.27. The predicted molar refractivity (Wildman–Crippen MR) is 106 cm³/mol. The summed E-state index contributed by atoms with van der Waals surface area (Å²) in [6.45, 7) is 2.02. The van der Waals surface area contributed by atoms with Gasteiger partial charge >= 0.3 is 6.18 Å². The van der Waals surface area contributed by atoms with Crippen LogP contribution >= 0.6 is 0 Å². The minimum atomic E-state index is -4.51. The molecule has 4 nitrogen and oxygen atoms in total. The second-order valence-electron chi connectivity index (χ2n) is 6.84. The Bertz CT molecular complexity index is 937. The summed E-state index contributed by atoms with van der Waals surface area (Å²) in [5.41, 5.74) is 0.681. The second kappa shape index (κ2) is 8.82. The monoisotopic (exact) mass is 399 g/mol. The van der Waals surface area contributed by atoms with Crippen LogP contribution in [0.5, 0.6) is 0 Å². The van der Waals surface area contributed by atoms with Crippen molar-refractivity contribution in [3.8, 4) is 6.07 Å². The molecule has 29 heavy (non-hydrogen) atoms. The van der Waals surface area contributed by atoms with Gasteiger partial charge in [-0.2, -0.15) is 18.4 Å². The lowest BCUT2D eigenvalue weighted by molar-refractivity contribution is -0.137. The summed E-state index contributed by atoms with van der Waals surface area (Å²) >= 11 is 0. The minimum absolute atomic E-state index is 0.0218. The van der Waals surface area contributed by atoms with E-state index in [1.165, 1.54) is 24.6 Å². The van der Waals surface area contributed by atoms with Crippen LogP contribution in [-0.4, -0.2) is 19.0 Å². The van der Waals surface area contributed by atoms with Crippen molar-refractivity contribution >= 4 is 23.4 Å². The minimum Gasteiger partial charge on any atom is -0.372 e. The molecule has 7 heteroatoms. The molecule has 0 saturated carbocycles. The number of nitriles is 1. The fourth-order valence-electron chi connectivity index (χ4n) is 3.22. The molecule has 1 amide bonds. The lowest BCUT2D eigenvalue weighted by atomic mass is 10.1. The largest absolute Gasteiger partial charge is 0.416 e. The van der Waals surface area contributed by atoms with Gasteiger partial charge in [0.2, 0.25) is 0 Å². The third-order valence-corrected chi connectivity index (χ3v) is 4.74. The Morgan fingerprint density at radius 3 is 2.38 bits per heavy atom. The third kappa shape index (κ3) is 5.38. The first-order valence-corrected chi connectivity index (χ1v) is 9.32. The van der Waals surface area contributed by atoms with Gasteiger partial charge in [-0.3, -0.25) is 4.79 Å². The van der Waals surface area contributed by atoms with E-state index in [0.717, 1.165) is 43.8 Å². The summed E-state index contributed by atoms with van der Waals surface area (Å²) < 4.78 is 38.4. The number of carbonyl (C=O) groups is 1. The summed E-state index contributed by atoms with van der Waals surface area (Å²) in [5, 5.41) is 11.7. The Balaban J connectivity index is 1.72. The molecule has 150 valence electrons. The summed E-state index contributed by atoms with van der Waals surface area (Å²) in [6.07, 6.45) is 0.476. The highest BCUT2D eigenvalue weighted by molar-refractivity contribution is 6.09. The van der Waals surface area contributed by atoms with Crippen LogP contribution in [0.1, 0.15) is 30.4 Å². The van der Waals surface area contributed by atoms with E-state index in [-0.39, 0.29) is 11.3 Å². The molecular weight excluding hydrogens is 379 g/mol. The molecule has 0 aromatic heterocycles. The van der Waals surface area contributed by atoms with Gasteiger partial charge in [-0.1, -0.05) is 18.2 Å². The molecular formula is C22H20F3N3O. The second-order valence-corrected chi connectivity index (χ2v) is 6.84. The molecule has 1 heterocycles. The third-order valence-electron chi connectivity index (χ3n) is 4.74. The number of carbonyl (C=O) groups excluding carboxylic acids is 1. The van der Waals surface area contributed by atoms with Crippen LogP contribution in [0.15, 0.2) is 54.1 Å². The van der Waals surface area contributed by atoms with Gasteiger partial charge in [0, 0.05) is 24.5 Å². The van der Waals surface area contributed by atoms with E-state index in [0.29, 0.717) is 5.56 Å². The molecule has 1 aliphatic heterocycles. The number of piperidine rings is 1. The summed E-state index contributed by atoms with van der Waals surface area (Å²) in [4.78, 5) is 14.6. The highest BCUT2D eigenvalue weighted by Gasteiger charge is 2.30. The Morgan fingerprint density at radius 1 is 1.07 bits per heavy atom. The molecule has 0 spiro atoms. The lowest BCUT2D eigenvalue weighted by Crippen LogP contribution is -2.29. The molecule has 1 saturated heterocycles. The van der Waals surface area contributed by atoms with Crippen LogP contribution in [0.25, 0.3) is 6.08 Å². The number of nitrogens with one attached hydrogen (secondary N) is 1. The molecule has 0 unspecified atom stereocenters. The maximum Gasteiger partial charge on any atom is 0.416 e. The molecule has 0 radical (unpaired) electrons. The lowest BCUT2D eigenvalue weighted by Gasteiger charge is -2.28. The molecule has 1 fully saturated rings. The first kappa shape index (κ1) is 20.5. The molecule has 2 aromatic carbocycles. The molecule has 3 rings (SSSR count). The number of hydrogen-bond donors (Lipinski definition) is 1. The van der Waals surface area contributed by atoms with Gasteiger partial charge in [-0.05, 0) is 61.2 Å². The van der Waals surface area contributed by atoms with E-state index in [1.807, 2.05) is 30.3 Å². The fourth-order valence-corrected chi connectivity index (χ4v) is 3.22. The van der Waals surface area contributed by atoms with Crippen LogP contribution in [-0.2, 0) is 11.0 Å². The van der Waals surface area contributed by atoms with Gasteiger partial charge in [0.15, 0.2) is 0 Å². The van der Waals surface area contributed by atoms with E-state index in [1.54, 1.807) is 0 Å². The van der Waals surface area contributed by atoms with Crippen LogP contribution in [0.3, 0.4) is 0 Å². The van der Waals surface area contributed by atoms with Gasteiger partial charge in [0.25, 0.3) is 5.91 Å². The number of benzene rings is 2. The molecule has 1 aliphatic rings. The number of hydrogen-bond acceptors (Lipinski definition) is 3. The van der Waals surface area contributed by atoms with Crippen LogP contribution < -0.4 is 10.2 Å². The normalized spacial score (nSPS) is 15.0. The summed E-state index contributed by atoms with van der Waals surface area (Å²) in [6, 6.07) is 13.6. The Morgan fingerprint density at radius 2 is 1.76 bits per heavy atom. The first-order valence-electron chi connectivity index (χ1n) is 9.32. The molecule has 2 aromatic rings. The average Bonchev–Trinajstić information content (AvgIpc) is 2.72. The van der Waals surface area contributed by atoms with E-state index in [2.05, 4.69) is 10.2 Å². The van der Waals surface area contributed by atoms with Crippen molar-refractivity contribution in [3.05, 3.63) is 65.2 Å². The van der Waals surface area contributed by atoms with Crippen molar-refractivity contribution < 1.29 is 18.0 Å². The molecule has 0 aliphatic carbocycles. The maximum absolute atomic E-state index is 12.8. The zero-order valence-electron chi connectivity index (χ0n) is 15.7.